The predicted octanol–water partition coefficient (Wildman–Crippen LogP) is 0.138. The van der Waals surface area contributed by atoms with Gasteiger partial charge in [0.25, 0.3) is 0 Å². The van der Waals surface area contributed by atoms with E-state index in [0.717, 1.165) is 5.69 Å². The zero-order chi connectivity index (χ0) is 12.3. The maximum Gasteiger partial charge on any atom is 0.170 e. The first-order valence-corrected chi connectivity index (χ1v) is 4.99. The van der Waals surface area contributed by atoms with Gasteiger partial charge in [-0.25, -0.2) is 0 Å². The summed E-state index contributed by atoms with van der Waals surface area (Å²) in [5.41, 5.74) is 6.29. The molecule has 0 amide bonds. The van der Waals surface area contributed by atoms with Crippen molar-refractivity contribution < 1.29 is 9.47 Å². The highest BCUT2D eigenvalue weighted by atomic mass is 16.5. The Bertz CT molecular complexity index is 489. The molecular formula is C10H13N5O2. The van der Waals surface area contributed by atoms with E-state index in [1.165, 1.54) is 0 Å². The van der Waals surface area contributed by atoms with Gasteiger partial charge in [-0.3, -0.25) is 0 Å². The lowest BCUT2D eigenvalue weighted by molar-refractivity contribution is 0.393. The number of benzene rings is 1. The van der Waals surface area contributed by atoms with Gasteiger partial charge in [-0.15, -0.1) is 5.10 Å². The molecule has 2 rings (SSSR count). The van der Waals surface area contributed by atoms with Crippen LogP contribution < -0.4 is 15.2 Å². The molecule has 2 aromatic rings. The highest BCUT2D eigenvalue weighted by Crippen LogP contribution is 2.24. The van der Waals surface area contributed by atoms with Crippen molar-refractivity contribution >= 4 is 0 Å². The van der Waals surface area contributed by atoms with Crippen molar-refractivity contribution in [2.45, 2.75) is 6.54 Å². The van der Waals surface area contributed by atoms with Crippen molar-refractivity contribution in [3.63, 3.8) is 0 Å². The van der Waals surface area contributed by atoms with Crippen molar-refractivity contribution in [2.75, 3.05) is 14.2 Å². The second kappa shape index (κ2) is 4.79. The lowest BCUT2D eigenvalue weighted by Gasteiger charge is -2.08. The highest BCUT2D eigenvalue weighted by molar-refractivity contribution is 5.46. The highest BCUT2D eigenvalue weighted by Gasteiger charge is 2.09. The van der Waals surface area contributed by atoms with E-state index in [1.807, 2.05) is 0 Å². The van der Waals surface area contributed by atoms with Crippen molar-refractivity contribution in [1.29, 1.82) is 0 Å². The third-order valence-corrected chi connectivity index (χ3v) is 2.30. The summed E-state index contributed by atoms with van der Waals surface area (Å²) in [5.74, 6) is 1.90. The number of rotatable bonds is 4. The van der Waals surface area contributed by atoms with Crippen LogP contribution >= 0.6 is 0 Å². The lowest BCUT2D eigenvalue weighted by Crippen LogP contribution is -2.08. The van der Waals surface area contributed by atoms with Gasteiger partial charge in [0.15, 0.2) is 5.82 Å². The van der Waals surface area contributed by atoms with Crippen LogP contribution in [0, 0.1) is 0 Å². The Morgan fingerprint density at radius 3 is 2.35 bits per heavy atom. The van der Waals surface area contributed by atoms with E-state index in [4.69, 9.17) is 15.2 Å². The molecule has 0 unspecified atom stereocenters. The van der Waals surface area contributed by atoms with E-state index >= 15 is 0 Å². The minimum atomic E-state index is 0.256. The Kier molecular flexibility index (Phi) is 3.20. The second-order valence-corrected chi connectivity index (χ2v) is 3.28. The van der Waals surface area contributed by atoms with Crippen molar-refractivity contribution in [2.24, 2.45) is 5.73 Å². The molecule has 0 aliphatic carbocycles. The fourth-order valence-corrected chi connectivity index (χ4v) is 1.45. The Hall–Kier alpha value is -2.15. The van der Waals surface area contributed by atoms with Crippen LogP contribution in [0.25, 0.3) is 5.69 Å². The molecule has 0 saturated carbocycles. The zero-order valence-electron chi connectivity index (χ0n) is 9.62. The largest absolute Gasteiger partial charge is 0.497 e. The average molecular weight is 235 g/mol. The lowest BCUT2D eigenvalue weighted by atomic mass is 10.2. The molecule has 90 valence electrons. The van der Waals surface area contributed by atoms with Crippen molar-refractivity contribution in [1.82, 2.24) is 20.2 Å². The van der Waals surface area contributed by atoms with E-state index < -0.39 is 0 Å². The van der Waals surface area contributed by atoms with Crippen LogP contribution in [0.15, 0.2) is 18.2 Å². The number of tetrazole rings is 1. The summed E-state index contributed by atoms with van der Waals surface area (Å²) in [6, 6.07) is 5.38. The first kappa shape index (κ1) is 11.3. The summed E-state index contributed by atoms with van der Waals surface area (Å²) in [7, 11) is 3.17. The van der Waals surface area contributed by atoms with Crippen molar-refractivity contribution in [3.8, 4) is 17.2 Å². The molecule has 0 spiro atoms. The summed E-state index contributed by atoms with van der Waals surface area (Å²) < 4.78 is 11.9. The molecular weight excluding hydrogens is 222 g/mol. The number of hydrogen-bond acceptors (Lipinski definition) is 6. The zero-order valence-corrected chi connectivity index (χ0v) is 9.62. The predicted molar refractivity (Wildman–Crippen MR) is 60.1 cm³/mol. The molecule has 0 fully saturated rings. The summed E-state index contributed by atoms with van der Waals surface area (Å²) >= 11 is 0. The topological polar surface area (TPSA) is 88.1 Å². The minimum absolute atomic E-state index is 0.256. The quantitative estimate of drug-likeness (QED) is 0.810. The molecule has 2 N–H and O–H groups in total. The Balaban J connectivity index is 2.51. The van der Waals surface area contributed by atoms with Crippen LogP contribution in [0.4, 0.5) is 0 Å². The van der Waals surface area contributed by atoms with Crippen LogP contribution in [-0.4, -0.2) is 34.4 Å². The van der Waals surface area contributed by atoms with Crippen LogP contribution in [0.1, 0.15) is 5.82 Å². The normalized spacial score (nSPS) is 10.3. The molecule has 0 atom stereocenters. The Morgan fingerprint density at radius 1 is 1.18 bits per heavy atom. The van der Waals surface area contributed by atoms with E-state index in [0.29, 0.717) is 17.3 Å². The van der Waals surface area contributed by atoms with Gasteiger partial charge in [0.05, 0.1) is 26.5 Å². The van der Waals surface area contributed by atoms with Gasteiger partial charge in [-0.2, -0.15) is 4.68 Å². The first-order valence-electron chi connectivity index (χ1n) is 4.99. The maximum atomic E-state index is 5.55. The fraction of sp³-hybridized carbons (Fsp3) is 0.300. The minimum Gasteiger partial charge on any atom is -0.497 e. The number of nitrogens with zero attached hydrogens (tertiary/aromatic N) is 4. The van der Waals surface area contributed by atoms with E-state index in [2.05, 4.69) is 15.5 Å². The number of methoxy groups -OCH3 is 2. The van der Waals surface area contributed by atoms with E-state index in [9.17, 15) is 0 Å². The molecule has 17 heavy (non-hydrogen) atoms. The number of nitrogens with two attached hydrogens (primary N) is 1. The van der Waals surface area contributed by atoms with Gasteiger partial charge in [0.1, 0.15) is 11.5 Å². The van der Waals surface area contributed by atoms with Crippen molar-refractivity contribution in [3.05, 3.63) is 24.0 Å². The summed E-state index contributed by atoms with van der Waals surface area (Å²) in [5, 5.41) is 11.3. The van der Waals surface area contributed by atoms with Crippen LogP contribution in [0.3, 0.4) is 0 Å². The SMILES string of the molecule is COc1cc(OC)cc(-n2nnnc2CN)c1. The Morgan fingerprint density at radius 2 is 1.82 bits per heavy atom. The molecule has 0 aliphatic rings. The molecule has 0 radical (unpaired) electrons. The first-order chi connectivity index (χ1) is 8.28. The number of ether oxygens (including phenoxy) is 2. The summed E-state index contributed by atoms with van der Waals surface area (Å²) in [6.07, 6.45) is 0. The van der Waals surface area contributed by atoms with Gasteiger partial charge < -0.3 is 15.2 Å². The third-order valence-electron chi connectivity index (χ3n) is 2.30. The average Bonchev–Trinajstić information content (AvgIpc) is 2.86. The fourth-order valence-electron chi connectivity index (χ4n) is 1.45. The molecule has 7 nitrogen and oxygen atoms in total. The van der Waals surface area contributed by atoms with Gasteiger partial charge in [0.2, 0.25) is 0 Å². The number of aromatic nitrogens is 4. The third kappa shape index (κ3) is 2.18. The molecule has 0 aliphatic heterocycles. The molecule has 1 aromatic carbocycles. The monoisotopic (exact) mass is 235 g/mol. The molecule has 0 bridgehead atoms. The smallest absolute Gasteiger partial charge is 0.170 e. The standard InChI is InChI=1S/C10H13N5O2/c1-16-8-3-7(4-9(5-8)17-2)15-10(6-11)12-13-14-15/h3-5H,6,11H2,1-2H3. The summed E-state index contributed by atoms with van der Waals surface area (Å²) in [4.78, 5) is 0. The molecule has 0 saturated heterocycles. The van der Waals surface area contributed by atoms with Crippen LogP contribution in [-0.2, 0) is 6.54 Å². The van der Waals surface area contributed by atoms with Gasteiger partial charge in [-0.05, 0) is 10.4 Å². The van der Waals surface area contributed by atoms with Gasteiger partial charge in [-0.1, -0.05) is 0 Å². The van der Waals surface area contributed by atoms with Gasteiger partial charge >= 0.3 is 0 Å². The second-order valence-electron chi connectivity index (χ2n) is 3.28. The molecule has 1 heterocycles. The van der Waals surface area contributed by atoms with E-state index in [1.54, 1.807) is 37.1 Å². The van der Waals surface area contributed by atoms with E-state index in [-0.39, 0.29) is 6.54 Å². The molecule has 7 heteroatoms. The van der Waals surface area contributed by atoms with Crippen LogP contribution in [0.2, 0.25) is 0 Å². The molecule has 1 aromatic heterocycles. The summed E-state index contributed by atoms with van der Waals surface area (Å²) in [6.45, 7) is 0.256. The Labute approximate surface area is 98.1 Å². The van der Waals surface area contributed by atoms with Gasteiger partial charge in [0, 0.05) is 18.2 Å². The maximum absolute atomic E-state index is 5.55. The van der Waals surface area contributed by atoms with Crippen LogP contribution in [0.5, 0.6) is 11.5 Å². The number of hydrogen-bond donors (Lipinski definition) is 1.